The van der Waals surface area contributed by atoms with Crippen LogP contribution in [0, 0.1) is 5.92 Å². The Morgan fingerprint density at radius 3 is 2.76 bits per heavy atom. The smallest absolute Gasteiger partial charge is 0.222 e. The second-order valence-electron chi connectivity index (χ2n) is 5.93. The van der Waals surface area contributed by atoms with Gasteiger partial charge in [0, 0.05) is 24.5 Å². The number of nitrogens with two attached hydrogens (primary N) is 2. The highest BCUT2D eigenvalue weighted by molar-refractivity contribution is 5.76. The molecule has 0 spiro atoms. The largest absolute Gasteiger partial charge is 0.396 e. The van der Waals surface area contributed by atoms with E-state index in [2.05, 4.69) is 21.0 Å². The Morgan fingerprint density at radius 2 is 2.10 bits per heavy atom. The lowest BCUT2D eigenvalue weighted by Crippen LogP contribution is -2.10. The minimum absolute atomic E-state index is 0.151. The number of nitrogen functional groups attached to an aromatic ring is 1. The van der Waals surface area contributed by atoms with Crippen LogP contribution in [0.25, 0.3) is 11.2 Å². The molecule has 21 heavy (non-hydrogen) atoms. The highest BCUT2D eigenvalue weighted by Gasteiger charge is 2.39. The topological polar surface area (TPSA) is 116 Å². The number of aliphatic hydroxyl groups is 1. The van der Waals surface area contributed by atoms with E-state index in [0.717, 1.165) is 29.7 Å². The van der Waals surface area contributed by atoms with Gasteiger partial charge in [-0.2, -0.15) is 4.98 Å². The summed E-state index contributed by atoms with van der Waals surface area (Å²) in [6.07, 6.45) is 7.69. The third-order valence-corrected chi connectivity index (χ3v) is 4.40. The first-order valence-corrected chi connectivity index (χ1v) is 7.22. The molecule has 0 bridgehead atoms. The number of anilines is 1. The van der Waals surface area contributed by atoms with E-state index in [9.17, 15) is 5.11 Å². The van der Waals surface area contributed by atoms with Gasteiger partial charge in [-0.15, -0.1) is 0 Å². The zero-order chi connectivity index (χ0) is 14.6. The number of fused-ring (bicyclic) bond motifs is 1. The standard InChI is InChI=1S/C14H18N6O/c15-10-4-9(10)11-12-13(19-14(16)18-11)20(6-17-12)8-2-1-7(3-8)5-21/h1-2,6-10,21H,3-5,15H2,(H2,16,18,19). The second-order valence-corrected chi connectivity index (χ2v) is 5.93. The Bertz CT molecular complexity index is 724. The van der Waals surface area contributed by atoms with Crippen LogP contribution in [0.1, 0.15) is 30.5 Å². The van der Waals surface area contributed by atoms with Crippen LogP contribution in [0.2, 0.25) is 0 Å². The molecule has 4 rings (SSSR count). The van der Waals surface area contributed by atoms with Gasteiger partial charge in [-0.05, 0) is 12.8 Å². The third-order valence-electron chi connectivity index (χ3n) is 4.40. The van der Waals surface area contributed by atoms with Gasteiger partial charge in [-0.25, -0.2) is 9.97 Å². The normalized spacial score (nSPS) is 31.1. The quantitative estimate of drug-likeness (QED) is 0.700. The molecule has 0 aromatic carbocycles. The number of aromatic nitrogens is 4. The highest BCUT2D eigenvalue weighted by Crippen LogP contribution is 2.41. The van der Waals surface area contributed by atoms with Gasteiger partial charge in [-0.3, -0.25) is 0 Å². The van der Waals surface area contributed by atoms with E-state index >= 15 is 0 Å². The summed E-state index contributed by atoms with van der Waals surface area (Å²) in [5, 5.41) is 9.26. The average Bonchev–Trinajstić information content (AvgIpc) is 2.91. The van der Waals surface area contributed by atoms with Crippen molar-refractivity contribution in [2.45, 2.75) is 30.8 Å². The van der Waals surface area contributed by atoms with Crippen molar-refractivity contribution >= 4 is 17.1 Å². The number of hydrogen-bond acceptors (Lipinski definition) is 6. The summed E-state index contributed by atoms with van der Waals surface area (Å²) in [6.45, 7) is 0.166. The Balaban J connectivity index is 1.78. The lowest BCUT2D eigenvalue weighted by Gasteiger charge is -2.13. The van der Waals surface area contributed by atoms with Gasteiger partial charge in [0.1, 0.15) is 5.52 Å². The number of hydrogen-bond donors (Lipinski definition) is 3. The first-order chi connectivity index (χ1) is 10.2. The minimum atomic E-state index is 0.151. The maximum atomic E-state index is 9.26. The van der Waals surface area contributed by atoms with Crippen molar-refractivity contribution in [1.82, 2.24) is 19.5 Å². The molecule has 2 aliphatic rings. The molecule has 7 nitrogen and oxygen atoms in total. The molecule has 2 aromatic rings. The second kappa shape index (κ2) is 4.51. The molecule has 2 heterocycles. The SMILES string of the molecule is Nc1nc(C2CC2N)c2ncn(C3C=CC(CO)C3)c2n1. The molecule has 2 aromatic heterocycles. The van der Waals surface area contributed by atoms with Gasteiger partial charge in [0.15, 0.2) is 5.65 Å². The lowest BCUT2D eigenvalue weighted by atomic mass is 10.1. The van der Waals surface area contributed by atoms with Crippen molar-refractivity contribution < 1.29 is 5.11 Å². The van der Waals surface area contributed by atoms with E-state index in [1.165, 1.54) is 0 Å². The highest BCUT2D eigenvalue weighted by atomic mass is 16.3. The van der Waals surface area contributed by atoms with Gasteiger partial charge in [0.05, 0.1) is 18.1 Å². The van der Waals surface area contributed by atoms with Crippen molar-refractivity contribution in [3.05, 3.63) is 24.2 Å². The summed E-state index contributed by atoms with van der Waals surface area (Å²) in [6, 6.07) is 0.306. The molecule has 4 unspecified atom stereocenters. The van der Waals surface area contributed by atoms with E-state index in [-0.39, 0.29) is 36.5 Å². The Morgan fingerprint density at radius 1 is 1.29 bits per heavy atom. The summed E-state index contributed by atoms with van der Waals surface area (Å²) in [7, 11) is 0. The van der Waals surface area contributed by atoms with Crippen LogP contribution in [0.5, 0.6) is 0 Å². The maximum Gasteiger partial charge on any atom is 0.222 e. The number of allylic oxidation sites excluding steroid dienone is 1. The van der Waals surface area contributed by atoms with E-state index in [1.54, 1.807) is 6.33 Å². The van der Waals surface area contributed by atoms with E-state index in [4.69, 9.17) is 11.5 Å². The molecule has 5 N–H and O–H groups in total. The molecule has 0 amide bonds. The van der Waals surface area contributed by atoms with Gasteiger partial charge in [0.25, 0.3) is 0 Å². The maximum absolute atomic E-state index is 9.26. The number of imidazole rings is 1. The molecule has 0 saturated heterocycles. The van der Waals surface area contributed by atoms with Crippen LogP contribution < -0.4 is 11.5 Å². The molecule has 1 saturated carbocycles. The monoisotopic (exact) mass is 286 g/mol. The van der Waals surface area contributed by atoms with Crippen LogP contribution in [0.4, 0.5) is 5.95 Å². The fourth-order valence-corrected chi connectivity index (χ4v) is 3.08. The molecule has 7 heteroatoms. The van der Waals surface area contributed by atoms with Gasteiger partial charge in [-0.1, -0.05) is 12.2 Å². The summed E-state index contributed by atoms with van der Waals surface area (Å²) < 4.78 is 2.01. The molecule has 2 aliphatic carbocycles. The first kappa shape index (κ1) is 12.7. The number of aliphatic hydroxyl groups excluding tert-OH is 1. The molecule has 0 aliphatic heterocycles. The molecule has 110 valence electrons. The fraction of sp³-hybridized carbons (Fsp3) is 0.500. The summed E-state index contributed by atoms with van der Waals surface area (Å²) in [4.78, 5) is 13.2. The Hall–Kier alpha value is -1.99. The van der Waals surface area contributed by atoms with Crippen molar-refractivity contribution in [1.29, 1.82) is 0 Å². The summed E-state index contributed by atoms with van der Waals surface area (Å²) in [5.41, 5.74) is 14.2. The van der Waals surface area contributed by atoms with Crippen LogP contribution >= 0.6 is 0 Å². The lowest BCUT2D eigenvalue weighted by molar-refractivity contribution is 0.244. The van der Waals surface area contributed by atoms with E-state index < -0.39 is 0 Å². The van der Waals surface area contributed by atoms with Crippen LogP contribution in [-0.2, 0) is 0 Å². The van der Waals surface area contributed by atoms with Crippen LogP contribution in [0.3, 0.4) is 0 Å². The molecular weight excluding hydrogens is 268 g/mol. The van der Waals surface area contributed by atoms with Crippen molar-refractivity contribution in [3.8, 4) is 0 Å². The Kier molecular flexibility index (Phi) is 2.73. The predicted octanol–water partition coefficient (Wildman–Crippen LogP) is 0.333. The summed E-state index contributed by atoms with van der Waals surface area (Å²) in [5.74, 6) is 0.701. The van der Waals surface area contributed by atoms with Crippen molar-refractivity contribution in [3.63, 3.8) is 0 Å². The van der Waals surface area contributed by atoms with Crippen LogP contribution in [-0.4, -0.2) is 37.3 Å². The molecule has 1 fully saturated rings. The number of nitrogens with zero attached hydrogens (tertiary/aromatic N) is 4. The molecule has 4 atom stereocenters. The summed E-state index contributed by atoms with van der Waals surface area (Å²) >= 11 is 0. The molecule has 0 radical (unpaired) electrons. The van der Waals surface area contributed by atoms with Crippen molar-refractivity contribution in [2.24, 2.45) is 11.7 Å². The Labute approximate surface area is 121 Å². The zero-order valence-corrected chi connectivity index (χ0v) is 11.6. The minimum Gasteiger partial charge on any atom is -0.396 e. The fourth-order valence-electron chi connectivity index (χ4n) is 3.08. The van der Waals surface area contributed by atoms with Gasteiger partial charge in [0.2, 0.25) is 5.95 Å². The van der Waals surface area contributed by atoms with Crippen LogP contribution in [0.15, 0.2) is 18.5 Å². The number of rotatable bonds is 3. The predicted molar refractivity (Wildman–Crippen MR) is 78.4 cm³/mol. The average molecular weight is 286 g/mol. The molecular formula is C14H18N6O. The third kappa shape index (κ3) is 2.00. The first-order valence-electron chi connectivity index (χ1n) is 7.22. The van der Waals surface area contributed by atoms with Gasteiger partial charge < -0.3 is 21.1 Å². The van der Waals surface area contributed by atoms with Gasteiger partial charge >= 0.3 is 0 Å². The zero-order valence-electron chi connectivity index (χ0n) is 11.6. The van der Waals surface area contributed by atoms with Crippen molar-refractivity contribution in [2.75, 3.05) is 12.3 Å². The van der Waals surface area contributed by atoms with E-state index in [1.807, 2.05) is 10.6 Å². The van der Waals surface area contributed by atoms with E-state index in [0.29, 0.717) is 0 Å².